The number of thioether (sulfide) groups is 1. The Kier molecular flexibility index (Phi) is 5.78. The number of carboxylic acid groups (broad SMARTS) is 1. The molecule has 0 aliphatic carbocycles. The zero-order valence-corrected chi connectivity index (χ0v) is 10.2. The first-order chi connectivity index (χ1) is 8.58. The minimum Gasteiger partial charge on any atom is -0.481 e. The van der Waals surface area contributed by atoms with Crippen molar-refractivity contribution in [1.82, 2.24) is 10.6 Å². The third-order valence-electron chi connectivity index (χ3n) is 1.71. The molecule has 0 bridgehead atoms. The number of urea groups is 1. The number of aliphatic carboxylic acids is 1. The van der Waals surface area contributed by atoms with Gasteiger partial charge in [0.15, 0.2) is 0 Å². The van der Waals surface area contributed by atoms with E-state index in [-0.39, 0.29) is 18.1 Å². The SMILES string of the molecule is O=C(O)CSCC(=O)NC(=O)NCc1ccco1. The Morgan fingerprint density at radius 2 is 2.11 bits per heavy atom. The largest absolute Gasteiger partial charge is 0.481 e. The number of imide groups is 1. The molecule has 1 aromatic rings. The van der Waals surface area contributed by atoms with Gasteiger partial charge in [-0.05, 0) is 12.1 Å². The molecule has 0 saturated heterocycles. The summed E-state index contributed by atoms with van der Waals surface area (Å²) in [5, 5.41) is 12.9. The van der Waals surface area contributed by atoms with Crippen LogP contribution in [0.25, 0.3) is 0 Å². The van der Waals surface area contributed by atoms with Crippen molar-refractivity contribution in [2.24, 2.45) is 0 Å². The number of furan rings is 1. The minimum atomic E-state index is -1.00. The molecule has 7 nitrogen and oxygen atoms in total. The van der Waals surface area contributed by atoms with Gasteiger partial charge in [0, 0.05) is 0 Å². The first-order valence-electron chi connectivity index (χ1n) is 4.97. The molecule has 98 valence electrons. The maximum Gasteiger partial charge on any atom is 0.321 e. The molecule has 0 aliphatic rings. The molecule has 0 unspecified atom stereocenters. The van der Waals surface area contributed by atoms with Crippen LogP contribution in [0, 0.1) is 0 Å². The second-order valence-electron chi connectivity index (χ2n) is 3.20. The van der Waals surface area contributed by atoms with E-state index in [1.54, 1.807) is 12.1 Å². The van der Waals surface area contributed by atoms with Crippen LogP contribution >= 0.6 is 11.8 Å². The van der Waals surface area contributed by atoms with E-state index in [0.717, 1.165) is 11.8 Å². The molecule has 0 spiro atoms. The van der Waals surface area contributed by atoms with Crippen LogP contribution in [0.15, 0.2) is 22.8 Å². The molecular formula is C10H12N2O5S. The fourth-order valence-corrected chi connectivity index (χ4v) is 1.55. The Bertz CT molecular complexity index is 418. The molecule has 0 aliphatic heterocycles. The van der Waals surface area contributed by atoms with Crippen LogP contribution in [0.1, 0.15) is 5.76 Å². The summed E-state index contributed by atoms with van der Waals surface area (Å²) in [6.07, 6.45) is 1.47. The van der Waals surface area contributed by atoms with Crippen LogP contribution in [0.5, 0.6) is 0 Å². The van der Waals surface area contributed by atoms with Crippen LogP contribution in [0.4, 0.5) is 4.79 Å². The highest BCUT2D eigenvalue weighted by atomic mass is 32.2. The molecule has 0 fully saturated rings. The number of carbonyl (C=O) groups excluding carboxylic acids is 2. The highest BCUT2D eigenvalue weighted by Crippen LogP contribution is 1.99. The Morgan fingerprint density at radius 3 is 2.72 bits per heavy atom. The Morgan fingerprint density at radius 1 is 1.33 bits per heavy atom. The van der Waals surface area contributed by atoms with Gasteiger partial charge in [-0.1, -0.05) is 0 Å². The van der Waals surface area contributed by atoms with E-state index in [4.69, 9.17) is 9.52 Å². The van der Waals surface area contributed by atoms with Gasteiger partial charge in [-0.2, -0.15) is 0 Å². The standard InChI is InChI=1S/C10H12N2O5S/c13-8(5-18-6-9(14)15)12-10(16)11-4-7-2-1-3-17-7/h1-3H,4-6H2,(H,14,15)(H2,11,12,13,16). The van der Waals surface area contributed by atoms with Crippen LogP contribution in [-0.2, 0) is 16.1 Å². The van der Waals surface area contributed by atoms with Gasteiger partial charge in [-0.25, -0.2) is 4.79 Å². The van der Waals surface area contributed by atoms with Crippen molar-refractivity contribution in [2.75, 3.05) is 11.5 Å². The summed E-state index contributed by atoms with van der Waals surface area (Å²) in [6.45, 7) is 0.175. The Labute approximate surface area is 107 Å². The van der Waals surface area contributed by atoms with Gasteiger partial charge >= 0.3 is 12.0 Å². The Balaban J connectivity index is 2.15. The highest BCUT2D eigenvalue weighted by molar-refractivity contribution is 8.00. The lowest BCUT2D eigenvalue weighted by atomic mass is 10.4. The van der Waals surface area contributed by atoms with E-state index in [1.165, 1.54) is 6.26 Å². The number of amides is 3. The summed E-state index contributed by atoms with van der Waals surface area (Å²) in [5.74, 6) is -1.24. The summed E-state index contributed by atoms with van der Waals surface area (Å²) in [4.78, 5) is 32.6. The normalized spacial score (nSPS) is 9.78. The van der Waals surface area contributed by atoms with Crippen molar-refractivity contribution in [3.05, 3.63) is 24.2 Å². The van der Waals surface area contributed by atoms with Crippen molar-refractivity contribution < 1.29 is 23.9 Å². The average molecular weight is 272 g/mol. The number of rotatable bonds is 6. The van der Waals surface area contributed by atoms with Gasteiger partial charge in [0.2, 0.25) is 5.91 Å². The zero-order chi connectivity index (χ0) is 13.4. The van der Waals surface area contributed by atoms with E-state index >= 15 is 0 Å². The van der Waals surface area contributed by atoms with Crippen molar-refractivity contribution >= 4 is 29.7 Å². The van der Waals surface area contributed by atoms with Crippen LogP contribution in [-0.4, -0.2) is 34.5 Å². The van der Waals surface area contributed by atoms with E-state index in [2.05, 4.69) is 10.6 Å². The second kappa shape index (κ2) is 7.38. The van der Waals surface area contributed by atoms with Gasteiger partial charge in [0.05, 0.1) is 24.3 Å². The lowest BCUT2D eigenvalue weighted by molar-refractivity contribution is -0.133. The quantitative estimate of drug-likeness (QED) is 0.692. The number of hydrogen-bond acceptors (Lipinski definition) is 5. The van der Waals surface area contributed by atoms with Crippen LogP contribution < -0.4 is 10.6 Å². The van der Waals surface area contributed by atoms with Crippen LogP contribution in [0.3, 0.4) is 0 Å². The van der Waals surface area contributed by atoms with E-state index in [1.807, 2.05) is 0 Å². The Hall–Kier alpha value is -1.96. The molecular weight excluding hydrogens is 260 g/mol. The third kappa shape index (κ3) is 5.94. The predicted octanol–water partition coefficient (Wildman–Crippen LogP) is 0.423. The van der Waals surface area contributed by atoms with Gasteiger partial charge in [-0.3, -0.25) is 14.9 Å². The molecule has 8 heteroatoms. The molecule has 1 rings (SSSR count). The van der Waals surface area contributed by atoms with E-state index in [9.17, 15) is 14.4 Å². The fraction of sp³-hybridized carbons (Fsp3) is 0.300. The summed E-state index contributed by atoms with van der Waals surface area (Å²) in [7, 11) is 0. The second-order valence-corrected chi connectivity index (χ2v) is 4.18. The van der Waals surface area contributed by atoms with Crippen molar-refractivity contribution in [2.45, 2.75) is 6.54 Å². The van der Waals surface area contributed by atoms with Gasteiger partial charge < -0.3 is 14.8 Å². The van der Waals surface area contributed by atoms with Gasteiger partial charge in [0.25, 0.3) is 0 Å². The maximum atomic E-state index is 11.2. The smallest absolute Gasteiger partial charge is 0.321 e. The average Bonchev–Trinajstić information content (AvgIpc) is 2.78. The number of nitrogens with one attached hydrogen (secondary N) is 2. The van der Waals surface area contributed by atoms with Gasteiger partial charge in [0.1, 0.15) is 5.76 Å². The first kappa shape index (κ1) is 14.1. The monoisotopic (exact) mass is 272 g/mol. The summed E-state index contributed by atoms with van der Waals surface area (Å²) in [6, 6.07) is 2.72. The lowest BCUT2D eigenvalue weighted by Crippen LogP contribution is -2.40. The first-order valence-corrected chi connectivity index (χ1v) is 6.13. The van der Waals surface area contributed by atoms with E-state index in [0.29, 0.717) is 5.76 Å². The lowest BCUT2D eigenvalue weighted by Gasteiger charge is -2.04. The topological polar surface area (TPSA) is 109 Å². The summed E-state index contributed by atoms with van der Waals surface area (Å²) < 4.78 is 4.98. The fourth-order valence-electron chi connectivity index (χ4n) is 1.02. The van der Waals surface area contributed by atoms with Crippen molar-refractivity contribution in [3.63, 3.8) is 0 Å². The molecule has 3 N–H and O–H groups in total. The van der Waals surface area contributed by atoms with Crippen LogP contribution in [0.2, 0.25) is 0 Å². The summed E-state index contributed by atoms with van der Waals surface area (Å²) in [5.41, 5.74) is 0. The van der Waals surface area contributed by atoms with Crippen molar-refractivity contribution in [1.29, 1.82) is 0 Å². The maximum absolute atomic E-state index is 11.2. The number of hydrogen-bond donors (Lipinski definition) is 3. The minimum absolute atomic E-state index is 0.0829. The van der Waals surface area contributed by atoms with Gasteiger partial charge in [-0.15, -0.1) is 11.8 Å². The molecule has 18 heavy (non-hydrogen) atoms. The molecule has 1 aromatic heterocycles. The molecule has 0 aromatic carbocycles. The molecule has 0 radical (unpaired) electrons. The molecule has 0 saturated carbocycles. The summed E-state index contributed by atoms with van der Waals surface area (Å²) >= 11 is 0.917. The van der Waals surface area contributed by atoms with Crippen molar-refractivity contribution in [3.8, 4) is 0 Å². The third-order valence-corrected chi connectivity index (χ3v) is 2.63. The molecule has 1 heterocycles. The number of carboxylic acids is 1. The molecule has 0 atom stereocenters. The number of carbonyl (C=O) groups is 3. The zero-order valence-electron chi connectivity index (χ0n) is 9.34. The molecule has 3 amide bonds. The highest BCUT2D eigenvalue weighted by Gasteiger charge is 2.08. The van der Waals surface area contributed by atoms with E-state index < -0.39 is 17.9 Å². The predicted molar refractivity (Wildman–Crippen MR) is 64.0 cm³/mol.